The molecule has 46 valence electrons. The first kappa shape index (κ1) is 4.88. The van der Waals surface area contributed by atoms with Gasteiger partial charge in [0.05, 0.1) is 0 Å². The average molecular weight is 144 g/mol. The molecule has 0 N–H and O–H groups in total. The van der Waals surface area contributed by atoms with Gasteiger partial charge in [-0.1, -0.05) is 11.6 Å². The van der Waals surface area contributed by atoms with E-state index in [0.29, 0.717) is 16.3 Å². The minimum absolute atomic E-state index is 0.444. The Kier molecular flexibility index (Phi) is 0.818. The molecule has 0 amide bonds. The summed E-state index contributed by atoms with van der Waals surface area (Å²) in [5.41, 5.74) is 0.955. The molecule has 0 atom stereocenters. The van der Waals surface area contributed by atoms with E-state index in [1.54, 1.807) is 0 Å². The molecule has 9 heavy (non-hydrogen) atoms. The van der Waals surface area contributed by atoms with Gasteiger partial charge in [0.15, 0.2) is 6.39 Å². The van der Waals surface area contributed by atoms with Gasteiger partial charge in [0.25, 0.3) is 5.71 Å². The molecule has 0 aliphatic rings. The second-order valence-electron chi connectivity index (χ2n) is 1.57. The quantitative estimate of drug-likeness (QED) is 0.567. The molecule has 2 rings (SSSR count). The van der Waals surface area contributed by atoms with E-state index in [1.807, 2.05) is 0 Å². The van der Waals surface area contributed by atoms with Gasteiger partial charge in [-0.15, -0.1) is 0 Å². The van der Waals surface area contributed by atoms with Crippen molar-refractivity contribution in [3.05, 3.63) is 17.7 Å². The Balaban J connectivity index is 2.99. The predicted molar refractivity (Wildman–Crippen MR) is 31.3 cm³/mol. The fourth-order valence-electron chi connectivity index (χ4n) is 0.639. The number of hydrogen-bond donors (Lipinski definition) is 0. The maximum atomic E-state index is 5.59. The fourth-order valence-corrected chi connectivity index (χ4v) is 0.809. The maximum absolute atomic E-state index is 5.59. The van der Waals surface area contributed by atoms with Crippen LogP contribution in [0.4, 0.5) is 0 Å². The number of oxazole rings is 1. The average Bonchev–Trinajstić information content (AvgIpc) is 2.35. The van der Waals surface area contributed by atoms with E-state index in [-0.39, 0.29) is 0 Å². The third-order valence-corrected chi connectivity index (χ3v) is 1.29. The number of rotatable bonds is 0. The molecule has 0 saturated heterocycles. The molecule has 0 saturated carbocycles. The number of halogens is 1. The Morgan fingerprint density at radius 3 is 3.11 bits per heavy atom. The molecule has 0 aromatic carbocycles. The Hall–Kier alpha value is -0.960. The molecule has 0 aliphatic heterocycles. The highest BCUT2D eigenvalue weighted by atomic mass is 35.5. The summed E-state index contributed by atoms with van der Waals surface area (Å²) in [5.74, 6) is 0. The van der Waals surface area contributed by atoms with Gasteiger partial charge < -0.3 is 8.83 Å². The lowest BCUT2D eigenvalue weighted by Crippen LogP contribution is -1.50. The summed E-state index contributed by atoms with van der Waals surface area (Å²) in [6, 6.07) is 0. The smallest absolute Gasteiger partial charge is 0.267 e. The van der Waals surface area contributed by atoms with Crippen molar-refractivity contribution in [3.8, 4) is 0 Å². The molecule has 0 aliphatic carbocycles. The zero-order chi connectivity index (χ0) is 6.27. The lowest BCUT2D eigenvalue weighted by molar-refractivity contribution is 0.598. The molecule has 0 bridgehead atoms. The van der Waals surface area contributed by atoms with E-state index in [2.05, 4.69) is 4.98 Å². The van der Waals surface area contributed by atoms with Crippen LogP contribution in [0.25, 0.3) is 11.3 Å². The molecule has 4 heteroatoms. The molecule has 2 aromatic rings. The summed E-state index contributed by atoms with van der Waals surface area (Å²) >= 11 is 5.59. The molecule has 0 unspecified atom stereocenters. The van der Waals surface area contributed by atoms with Gasteiger partial charge in [-0.25, -0.2) is 0 Å². The minimum Gasteiger partial charge on any atom is -0.442 e. The molecule has 2 aromatic heterocycles. The molecule has 3 nitrogen and oxygen atoms in total. The molecule has 0 radical (unpaired) electrons. The predicted octanol–water partition coefficient (Wildman–Crippen LogP) is 2.07. The van der Waals surface area contributed by atoms with Crippen LogP contribution >= 0.6 is 11.6 Å². The second kappa shape index (κ2) is 1.51. The Bertz CT molecular complexity index is 324. The summed E-state index contributed by atoms with van der Waals surface area (Å²) in [6.45, 7) is 0. The van der Waals surface area contributed by atoms with E-state index in [4.69, 9.17) is 20.4 Å². The van der Waals surface area contributed by atoms with Crippen LogP contribution in [-0.2, 0) is 0 Å². The number of aromatic nitrogens is 1. The van der Waals surface area contributed by atoms with Crippen molar-refractivity contribution < 1.29 is 8.83 Å². The lowest BCUT2D eigenvalue weighted by Gasteiger charge is -1.69. The highest BCUT2D eigenvalue weighted by Crippen LogP contribution is 2.23. The number of furan rings is 1. The monoisotopic (exact) mass is 143 g/mol. The molecule has 2 heterocycles. The van der Waals surface area contributed by atoms with Crippen molar-refractivity contribution >= 4 is 22.9 Å². The van der Waals surface area contributed by atoms with E-state index in [0.717, 1.165) is 0 Å². The van der Waals surface area contributed by atoms with Crippen LogP contribution in [0.3, 0.4) is 0 Å². The SMILES string of the molecule is Clc1coc2ncoc12. The third kappa shape index (κ3) is 0.549. The summed E-state index contributed by atoms with van der Waals surface area (Å²) < 4.78 is 9.70. The number of hydrogen-bond acceptors (Lipinski definition) is 3. The first-order valence-corrected chi connectivity index (χ1v) is 2.72. The summed E-state index contributed by atoms with van der Waals surface area (Å²) in [5, 5.41) is 0.461. The van der Waals surface area contributed by atoms with Gasteiger partial charge in [0.2, 0.25) is 5.58 Å². The first-order chi connectivity index (χ1) is 4.38. The summed E-state index contributed by atoms with van der Waals surface area (Å²) in [7, 11) is 0. The molecular weight excluding hydrogens is 142 g/mol. The van der Waals surface area contributed by atoms with Crippen LogP contribution < -0.4 is 0 Å². The van der Waals surface area contributed by atoms with Crippen LogP contribution in [0.15, 0.2) is 21.5 Å². The van der Waals surface area contributed by atoms with Gasteiger partial charge in [0, 0.05) is 0 Å². The number of nitrogens with zero attached hydrogens (tertiary/aromatic N) is 1. The second-order valence-corrected chi connectivity index (χ2v) is 1.98. The van der Waals surface area contributed by atoms with Gasteiger partial charge in [-0.2, -0.15) is 4.98 Å². The van der Waals surface area contributed by atoms with Crippen LogP contribution in [0, 0.1) is 0 Å². The van der Waals surface area contributed by atoms with Crippen molar-refractivity contribution in [2.75, 3.05) is 0 Å². The molecule has 0 spiro atoms. The van der Waals surface area contributed by atoms with E-state index < -0.39 is 0 Å². The maximum Gasteiger partial charge on any atom is 0.267 e. The van der Waals surface area contributed by atoms with Gasteiger partial charge in [-0.05, 0) is 0 Å². The molecule has 0 fully saturated rings. The van der Waals surface area contributed by atoms with E-state index in [9.17, 15) is 0 Å². The zero-order valence-corrected chi connectivity index (χ0v) is 5.05. The highest BCUT2D eigenvalue weighted by Gasteiger charge is 2.05. The minimum atomic E-state index is 0.444. The van der Waals surface area contributed by atoms with Crippen molar-refractivity contribution in [2.24, 2.45) is 0 Å². The van der Waals surface area contributed by atoms with Crippen LogP contribution in [-0.4, -0.2) is 4.98 Å². The summed E-state index contributed by atoms with van der Waals surface area (Å²) in [6.07, 6.45) is 2.68. The normalized spacial score (nSPS) is 10.8. The first-order valence-electron chi connectivity index (χ1n) is 2.34. The van der Waals surface area contributed by atoms with E-state index >= 15 is 0 Å². The zero-order valence-electron chi connectivity index (χ0n) is 4.30. The van der Waals surface area contributed by atoms with E-state index in [1.165, 1.54) is 12.7 Å². The Labute approximate surface area is 55.2 Å². The van der Waals surface area contributed by atoms with Gasteiger partial charge >= 0.3 is 0 Å². The Morgan fingerprint density at radius 2 is 2.33 bits per heavy atom. The van der Waals surface area contributed by atoms with Crippen LogP contribution in [0.5, 0.6) is 0 Å². The number of fused-ring (bicyclic) bond motifs is 1. The lowest BCUT2D eigenvalue weighted by atomic mass is 10.6. The van der Waals surface area contributed by atoms with Gasteiger partial charge in [-0.3, -0.25) is 0 Å². The van der Waals surface area contributed by atoms with Crippen molar-refractivity contribution in [3.63, 3.8) is 0 Å². The largest absolute Gasteiger partial charge is 0.442 e. The molecular formula is C5H2ClNO2. The van der Waals surface area contributed by atoms with Crippen molar-refractivity contribution in [1.29, 1.82) is 0 Å². The summed E-state index contributed by atoms with van der Waals surface area (Å²) in [4.78, 5) is 3.72. The van der Waals surface area contributed by atoms with Crippen molar-refractivity contribution in [2.45, 2.75) is 0 Å². The topological polar surface area (TPSA) is 39.2 Å². The third-order valence-electron chi connectivity index (χ3n) is 1.03. The van der Waals surface area contributed by atoms with Crippen molar-refractivity contribution in [1.82, 2.24) is 4.98 Å². The van der Waals surface area contributed by atoms with Crippen LogP contribution in [0.2, 0.25) is 5.02 Å². The Morgan fingerprint density at radius 1 is 1.44 bits per heavy atom. The standard InChI is InChI=1S/C5H2ClNO2/c6-3-1-8-5-4(3)9-2-7-5/h1-2H. The fraction of sp³-hybridized carbons (Fsp3) is 0. The van der Waals surface area contributed by atoms with Crippen LogP contribution in [0.1, 0.15) is 0 Å². The highest BCUT2D eigenvalue weighted by molar-refractivity contribution is 6.34. The van der Waals surface area contributed by atoms with Gasteiger partial charge in [0.1, 0.15) is 11.3 Å².